The molecule has 0 unspecified atom stereocenters. The number of thioether (sulfide) groups is 1. The first kappa shape index (κ1) is 13.8. The maximum absolute atomic E-state index is 12.1. The van der Waals surface area contributed by atoms with Gasteiger partial charge >= 0.3 is 5.97 Å². The molecule has 0 aliphatic heterocycles. The molecule has 0 saturated heterocycles. The monoisotopic (exact) mass is 261 g/mol. The Labute approximate surface area is 102 Å². The van der Waals surface area contributed by atoms with Crippen LogP contribution in [-0.4, -0.2) is 29.8 Å². The van der Waals surface area contributed by atoms with E-state index in [1.165, 1.54) is 17.8 Å². The molecule has 0 saturated carbocycles. The molecule has 0 fully saturated rings. The summed E-state index contributed by atoms with van der Waals surface area (Å²) in [6.07, 6.45) is -2.51. The smallest absolute Gasteiger partial charge is 0.338 e. The van der Waals surface area contributed by atoms with Crippen molar-refractivity contribution < 1.29 is 18.7 Å². The Kier molecular flexibility index (Phi) is 5.21. The average Bonchev–Trinajstić information content (AvgIpc) is 2.26. The summed E-state index contributed by atoms with van der Waals surface area (Å²) in [5.41, 5.74) is 0.288. The zero-order valence-corrected chi connectivity index (χ0v) is 10.1. The molecular weight excluding hydrogens is 248 g/mol. The van der Waals surface area contributed by atoms with Gasteiger partial charge in [0.1, 0.15) is 0 Å². The van der Waals surface area contributed by atoms with Crippen LogP contribution >= 0.6 is 11.8 Å². The summed E-state index contributed by atoms with van der Waals surface area (Å²) in [4.78, 5) is 11.7. The van der Waals surface area contributed by atoms with Gasteiger partial charge in [0.05, 0.1) is 17.8 Å². The van der Waals surface area contributed by atoms with Crippen molar-refractivity contribution >= 4 is 23.4 Å². The van der Waals surface area contributed by atoms with E-state index in [0.717, 1.165) is 5.75 Å². The molecule has 6 heteroatoms. The highest BCUT2D eigenvalue weighted by atomic mass is 32.2. The van der Waals surface area contributed by atoms with Crippen LogP contribution in [0, 0.1) is 0 Å². The van der Waals surface area contributed by atoms with E-state index in [1.54, 1.807) is 12.1 Å². The first-order chi connectivity index (χ1) is 8.06. The van der Waals surface area contributed by atoms with Crippen molar-refractivity contribution in [3.63, 3.8) is 0 Å². The van der Waals surface area contributed by atoms with Crippen LogP contribution in [0.2, 0.25) is 0 Å². The number of halogens is 2. The minimum absolute atomic E-state index is 0.0556. The number of nitrogens with one attached hydrogen (secondary N) is 1. The highest BCUT2D eigenvalue weighted by Gasteiger charge is 2.16. The number of alkyl halides is 2. The SMILES string of the molecule is CCSc1cccc(NCC(F)F)c1C(=O)O. The van der Waals surface area contributed by atoms with Crippen molar-refractivity contribution in [2.24, 2.45) is 0 Å². The molecule has 0 heterocycles. The molecular formula is C11H13F2NO2S. The van der Waals surface area contributed by atoms with Crippen molar-refractivity contribution in [3.8, 4) is 0 Å². The lowest BCUT2D eigenvalue weighted by atomic mass is 10.2. The fraction of sp³-hybridized carbons (Fsp3) is 0.364. The van der Waals surface area contributed by atoms with Crippen LogP contribution in [0.4, 0.5) is 14.5 Å². The van der Waals surface area contributed by atoms with Crippen LogP contribution in [0.5, 0.6) is 0 Å². The Hall–Kier alpha value is -1.30. The molecule has 0 spiro atoms. The molecule has 2 N–H and O–H groups in total. The predicted molar refractivity (Wildman–Crippen MR) is 64.3 cm³/mol. The molecule has 0 amide bonds. The summed E-state index contributed by atoms with van der Waals surface area (Å²) < 4.78 is 24.2. The molecule has 17 heavy (non-hydrogen) atoms. The van der Waals surface area contributed by atoms with Crippen LogP contribution in [0.25, 0.3) is 0 Å². The van der Waals surface area contributed by atoms with E-state index >= 15 is 0 Å². The van der Waals surface area contributed by atoms with Crippen LogP contribution in [0.1, 0.15) is 17.3 Å². The Balaban J connectivity index is 3.02. The molecule has 0 aromatic heterocycles. The third kappa shape index (κ3) is 3.89. The maximum Gasteiger partial charge on any atom is 0.338 e. The number of benzene rings is 1. The largest absolute Gasteiger partial charge is 0.478 e. The van der Waals surface area contributed by atoms with Crippen molar-refractivity contribution in [2.75, 3.05) is 17.6 Å². The van der Waals surface area contributed by atoms with Gasteiger partial charge in [0.2, 0.25) is 0 Å². The van der Waals surface area contributed by atoms with Gasteiger partial charge in [-0.15, -0.1) is 11.8 Å². The quantitative estimate of drug-likeness (QED) is 0.772. The third-order valence-electron chi connectivity index (χ3n) is 1.99. The summed E-state index contributed by atoms with van der Waals surface area (Å²) in [5, 5.41) is 11.5. The second-order valence-corrected chi connectivity index (χ2v) is 4.49. The summed E-state index contributed by atoms with van der Waals surface area (Å²) >= 11 is 1.37. The van der Waals surface area contributed by atoms with Crippen molar-refractivity contribution in [3.05, 3.63) is 23.8 Å². The Morgan fingerprint density at radius 3 is 2.76 bits per heavy atom. The summed E-state index contributed by atoms with van der Waals surface area (Å²) in [6.45, 7) is 1.34. The standard InChI is InChI=1S/C11H13F2NO2S/c1-2-17-8-5-3-4-7(10(8)11(15)16)14-6-9(12)13/h3-5,9,14H,2,6H2,1H3,(H,15,16). The number of carboxylic acids is 1. The minimum Gasteiger partial charge on any atom is -0.478 e. The zero-order valence-electron chi connectivity index (χ0n) is 9.24. The van der Waals surface area contributed by atoms with Crippen LogP contribution in [0.15, 0.2) is 23.1 Å². The van der Waals surface area contributed by atoms with Crippen molar-refractivity contribution in [1.82, 2.24) is 0 Å². The lowest BCUT2D eigenvalue weighted by Crippen LogP contribution is -2.13. The lowest BCUT2D eigenvalue weighted by molar-refractivity contribution is 0.0694. The Morgan fingerprint density at radius 1 is 1.53 bits per heavy atom. The van der Waals surface area contributed by atoms with Gasteiger partial charge in [0.15, 0.2) is 0 Å². The van der Waals surface area contributed by atoms with Crippen LogP contribution in [0.3, 0.4) is 0 Å². The third-order valence-corrected chi connectivity index (χ3v) is 2.93. The van der Waals surface area contributed by atoms with Gasteiger partial charge in [-0.25, -0.2) is 13.6 Å². The summed E-state index contributed by atoms with van der Waals surface area (Å²) in [5.74, 6) is -0.392. The predicted octanol–water partition coefficient (Wildman–Crippen LogP) is 3.17. The Bertz CT molecular complexity index is 399. The second kappa shape index (κ2) is 6.44. The number of hydrogen-bond donors (Lipinski definition) is 2. The number of rotatable bonds is 6. The molecule has 1 rings (SSSR count). The van der Waals surface area contributed by atoms with E-state index in [4.69, 9.17) is 5.11 Å². The molecule has 0 bridgehead atoms. The van der Waals surface area contributed by atoms with Gasteiger partial charge in [0, 0.05) is 4.90 Å². The zero-order chi connectivity index (χ0) is 12.8. The number of carboxylic acid groups (broad SMARTS) is 1. The van der Waals surface area contributed by atoms with Gasteiger partial charge in [-0.3, -0.25) is 0 Å². The van der Waals surface area contributed by atoms with E-state index in [-0.39, 0.29) is 11.3 Å². The highest BCUT2D eigenvalue weighted by Crippen LogP contribution is 2.28. The summed E-state index contributed by atoms with van der Waals surface area (Å²) in [7, 11) is 0. The van der Waals surface area contributed by atoms with Gasteiger partial charge in [-0.2, -0.15) is 0 Å². The molecule has 0 radical (unpaired) electrons. The number of aromatic carboxylic acids is 1. The fourth-order valence-corrected chi connectivity index (χ4v) is 2.19. The lowest BCUT2D eigenvalue weighted by Gasteiger charge is -2.12. The number of carbonyl (C=O) groups is 1. The summed E-state index contributed by atoms with van der Waals surface area (Å²) in [6, 6.07) is 4.81. The van der Waals surface area contributed by atoms with Crippen LogP contribution in [-0.2, 0) is 0 Å². The van der Waals surface area contributed by atoms with E-state index < -0.39 is 18.9 Å². The number of anilines is 1. The number of hydrogen-bond acceptors (Lipinski definition) is 3. The Morgan fingerprint density at radius 2 is 2.24 bits per heavy atom. The molecule has 1 aromatic rings. The average molecular weight is 261 g/mol. The molecule has 1 aromatic carbocycles. The normalized spacial score (nSPS) is 10.6. The molecule has 3 nitrogen and oxygen atoms in total. The molecule has 94 valence electrons. The fourth-order valence-electron chi connectivity index (χ4n) is 1.36. The van der Waals surface area contributed by atoms with Gasteiger partial charge in [0.25, 0.3) is 6.43 Å². The van der Waals surface area contributed by atoms with Gasteiger partial charge in [-0.1, -0.05) is 13.0 Å². The second-order valence-electron chi connectivity index (χ2n) is 3.19. The molecule has 0 aliphatic carbocycles. The van der Waals surface area contributed by atoms with Gasteiger partial charge in [-0.05, 0) is 17.9 Å². The molecule has 0 aliphatic rings. The topological polar surface area (TPSA) is 49.3 Å². The van der Waals surface area contributed by atoms with E-state index in [0.29, 0.717) is 4.90 Å². The first-order valence-corrected chi connectivity index (χ1v) is 6.06. The maximum atomic E-state index is 12.1. The van der Waals surface area contributed by atoms with Crippen molar-refractivity contribution in [1.29, 1.82) is 0 Å². The van der Waals surface area contributed by atoms with Gasteiger partial charge < -0.3 is 10.4 Å². The van der Waals surface area contributed by atoms with E-state index in [2.05, 4.69) is 5.32 Å². The van der Waals surface area contributed by atoms with E-state index in [9.17, 15) is 13.6 Å². The minimum atomic E-state index is -2.51. The van der Waals surface area contributed by atoms with Crippen LogP contribution < -0.4 is 5.32 Å². The molecule has 0 atom stereocenters. The highest BCUT2D eigenvalue weighted by molar-refractivity contribution is 7.99. The van der Waals surface area contributed by atoms with Crippen molar-refractivity contribution in [2.45, 2.75) is 18.2 Å². The first-order valence-electron chi connectivity index (χ1n) is 5.07. The van der Waals surface area contributed by atoms with E-state index in [1.807, 2.05) is 6.92 Å².